The van der Waals surface area contributed by atoms with E-state index < -0.39 is 0 Å². The summed E-state index contributed by atoms with van der Waals surface area (Å²) in [6.07, 6.45) is 0.645. The second-order valence-electron chi connectivity index (χ2n) is 8.15. The Morgan fingerprint density at radius 1 is 1.11 bits per heavy atom. The van der Waals surface area contributed by atoms with Crippen molar-refractivity contribution in [2.24, 2.45) is 5.92 Å². The number of likely N-dealkylation sites (tertiary alicyclic amines) is 1. The fourth-order valence-electron chi connectivity index (χ4n) is 4.40. The van der Waals surface area contributed by atoms with Crippen molar-refractivity contribution in [1.29, 1.82) is 5.26 Å². The number of ether oxygens (including phenoxy) is 1. The van der Waals surface area contributed by atoms with Gasteiger partial charge in [-0.2, -0.15) is 5.26 Å². The standard InChI is InChI=1S/C23H24N2O2/c1-23(2)12-19(18-10-6-7-11-21(18)27-23)22(26)25-14-17(13-24)20(15-25)16-8-4-3-5-9-16/h3-11,17,19-20H,12,14-15H2,1-2H3/t17-,19?,20+/m1/s1. The molecule has 1 amide bonds. The van der Waals surface area contributed by atoms with Gasteiger partial charge in [-0.25, -0.2) is 0 Å². The number of hydrogen-bond donors (Lipinski definition) is 0. The van der Waals surface area contributed by atoms with E-state index in [-0.39, 0.29) is 29.3 Å². The molecule has 0 aliphatic carbocycles. The minimum Gasteiger partial charge on any atom is -0.488 e. The van der Waals surface area contributed by atoms with Gasteiger partial charge in [-0.3, -0.25) is 4.79 Å². The highest BCUT2D eigenvalue weighted by molar-refractivity contribution is 5.85. The van der Waals surface area contributed by atoms with Gasteiger partial charge in [0.05, 0.1) is 17.9 Å². The predicted octanol–water partition coefficient (Wildman–Crippen LogP) is 4.10. The van der Waals surface area contributed by atoms with Crippen LogP contribution < -0.4 is 4.74 Å². The Hall–Kier alpha value is -2.80. The number of hydrogen-bond acceptors (Lipinski definition) is 3. The average Bonchev–Trinajstić information content (AvgIpc) is 3.11. The monoisotopic (exact) mass is 360 g/mol. The van der Waals surface area contributed by atoms with Crippen molar-refractivity contribution in [2.75, 3.05) is 13.1 Å². The molecule has 1 saturated heterocycles. The summed E-state index contributed by atoms with van der Waals surface area (Å²) < 4.78 is 6.07. The Labute approximate surface area is 160 Å². The van der Waals surface area contributed by atoms with E-state index in [9.17, 15) is 10.1 Å². The lowest BCUT2D eigenvalue weighted by Crippen LogP contribution is -2.42. The third-order valence-electron chi connectivity index (χ3n) is 5.70. The molecule has 4 rings (SSSR count). The summed E-state index contributed by atoms with van der Waals surface area (Å²) in [6.45, 7) is 5.14. The number of para-hydroxylation sites is 1. The molecule has 0 aromatic heterocycles. The molecule has 3 atom stereocenters. The van der Waals surface area contributed by atoms with Crippen LogP contribution in [0, 0.1) is 17.2 Å². The van der Waals surface area contributed by atoms with Crippen LogP contribution in [0.4, 0.5) is 0 Å². The molecule has 0 N–H and O–H groups in total. The maximum atomic E-state index is 13.5. The van der Waals surface area contributed by atoms with E-state index in [2.05, 4.69) is 18.2 Å². The number of benzene rings is 2. The van der Waals surface area contributed by atoms with Crippen LogP contribution in [0.3, 0.4) is 0 Å². The minimum atomic E-state index is -0.387. The molecule has 0 saturated carbocycles. The van der Waals surface area contributed by atoms with Crippen LogP contribution in [0.5, 0.6) is 5.75 Å². The van der Waals surface area contributed by atoms with E-state index in [1.54, 1.807) is 0 Å². The quantitative estimate of drug-likeness (QED) is 0.810. The van der Waals surface area contributed by atoms with Crippen LogP contribution in [0.1, 0.15) is 43.2 Å². The third kappa shape index (κ3) is 3.30. The normalized spacial score (nSPS) is 26.0. The largest absolute Gasteiger partial charge is 0.488 e. The van der Waals surface area contributed by atoms with Gasteiger partial charge in [0.15, 0.2) is 0 Å². The van der Waals surface area contributed by atoms with Gasteiger partial charge < -0.3 is 9.64 Å². The van der Waals surface area contributed by atoms with Crippen LogP contribution >= 0.6 is 0 Å². The van der Waals surface area contributed by atoms with Crippen LogP contribution in [0.2, 0.25) is 0 Å². The van der Waals surface area contributed by atoms with Crippen molar-refractivity contribution in [1.82, 2.24) is 4.90 Å². The zero-order valence-corrected chi connectivity index (χ0v) is 15.8. The highest BCUT2D eigenvalue weighted by Gasteiger charge is 2.43. The second kappa shape index (κ2) is 6.74. The van der Waals surface area contributed by atoms with E-state index in [4.69, 9.17) is 4.74 Å². The Bertz CT molecular complexity index is 885. The van der Waals surface area contributed by atoms with Crippen molar-refractivity contribution in [3.63, 3.8) is 0 Å². The van der Waals surface area contributed by atoms with E-state index in [0.29, 0.717) is 19.5 Å². The summed E-state index contributed by atoms with van der Waals surface area (Å²) in [5.41, 5.74) is 1.70. The van der Waals surface area contributed by atoms with Crippen molar-refractivity contribution in [3.8, 4) is 11.8 Å². The lowest BCUT2D eigenvalue weighted by molar-refractivity contribution is -0.133. The highest BCUT2D eigenvalue weighted by Crippen LogP contribution is 2.43. The molecular formula is C23H24N2O2. The van der Waals surface area contributed by atoms with Gasteiger partial charge >= 0.3 is 0 Å². The Balaban J connectivity index is 1.61. The summed E-state index contributed by atoms with van der Waals surface area (Å²) >= 11 is 0. The number of carbonyl (C=O) groups is 1. The molecular weight excluding hydrogens is 336 g/mol. The SMILES string of the molecule is CC1(C)CC(C(=O)N2C[C@@H](C#N)[C@H](c3ccccc3)C2)c2ccccc2O1. The summed E-state index contributed by atoms with van der Waals surface area (Å²) in [5, 5.41) is 9.64. The first kappa shape index (κ1) is 17.6. The number of carbonyl (C=O) groups excluding carboxylic acids is 1. The van der Waals surface area contributed by atoms with Crippen LogP contribution in [0.25, 0.3) is 0 Å². The van der Waals surface area contributed by atoms with Gasteiger partial charge in [-0.1, -0.05) is 48.5 Å². The van der Waals surface area contributed by atoms with Crippen molar-refractivity contribution in [3.05, 3.63) is 65.7 Å². The van der Waals surface area contributed by atoms with Crippen LogP contribution in [-0.4, -0.2) is 29.5 Å². The number of nitrogens with zero attached hydrogens (tertiary/aromatic N) is 2. The van der Waals surface area contributed by atoms with Crippen LogP contribution in [0.15, 0.2) is 54.6 Å². The fourth-order valence-corrected chi connectivity index (χ4v) is 4.40. The van der Waals surface area contributed by atoms with E-state index in [1.165, 1.54) is 0 Å². The van der Waals surface area contributed by atoms with Gasteiger partial charge in [0.1, 0.15) is 11.4 Å². The van der Waals surface area contributed by atoms with Gasteiger partial charge in [0, 0.05) is 31.0 Å². The van der Waals surface area contributed by atoms with E-state index in [1.807, 2.05) is 61.2 Å². The third-order valence-corrected chi connectivity index (χ3v) is 5.70. The molecule has 138 valence electrons. The smallest absolute Gasteiger partial charge is 0.230 e. The van der Waals surface area contributed by atoms with E-state index >= 15 is 0 Å². The summed E-state index contributed by atoms with van der Waals surface area (Å²) in [7, 11) is 0. The molecule has 1 fully saturated rings. The first-order valence-electron chi connectivity index (χ1n) is 9.50. The summed E-state index contributed by atoms with van der Waals surface area (Å²) in [4.78, 5) is 15.3. The van der Waals surface area contributed by atoms with E-state index in [0.717, 1.165) is 16.9 Å². The van der Waals surface area contributed by atoms with Crippen molar-refractivity contribution in [2.45, 2.75) is 37.7 Å². The number of fused-ring (bicyclic) bond motifs is 1. The molecule has 1 unspecified atom stereocenters. The number of rotatable bonds is 2. The maximum absolute atomic E-state index is 13.5. The van der Waals surface area contributed by atoms with Gasteiger partial charge in [0.25, 0.3) is 0 Å². The molecule has 2 aromatic carbocycles. The first-order chi connectivity index (χ1) is 13.0. The molecule has 2 aliphatic rings. The zero-order valence-electron chi connectivity index (χ0n) is 15.8. The first-order valence-corrected chi connectivity index (χ1v) is 9.50. The lowest BCUT2D eigenvalue weighted by Gasteiger charge is -2.38. The Morgan fingerprint density at radius 2 is 1.81 bits per heavy atom. The zero-order chi connectivity index (χ0) is 19.0. The summed E-state index contributed by atoms with van der Waals surface area (Å²) in [6, 6.07) is 20.3. The molecule has 27 heavy (non-hydrogen) atoms. The molecule has 0 bridgehead atoms. The lowest BCUT2D eigenvalue weighted by atomic mass is 9.83. The van der Waals surface area contributed by atoms with Gasteiger partial charge in [-0.15, -0.1) is 0 Å². The van der Waals surface area contributed by atoms with Gasteiger partial charge in [0.2, 0.25) is 5.91 Å². The Kier molecular flexibility index (Phi) is 4.39. The molecule has 2 aliphatic heterocycles. The predicted molar refractivity (Wildman–Crippen MR) is 103 cm³/mol. The maximum Gasteiger partial charge on any atom is 0.230 e. The average molecular weight is 360 g/mol. The van der Waals surface area contributed by atoms with Crippen LogP contribution in [-0.2, 0) is 4.79 Å². The second-order valence-corrected chi connectivity index (χ2v) is 8.15. The molecule has 0 spiro atoms. The Morgan fingerprint density at radius 3 is 2.56 bits per heavy atom. The summed E-state index contributed by atoms with van der Waals surface area (Å²) in [5.74, 6) is 0.585. The molecule has 0 radical (unpaired) electrons. The molecule has 4 nitrogen and oxygen atoms in total. The molecule has 2 aromatic rings. The van der Waals surface area contributed by atoms with Gasteiger partial charge in [-0.05, 0) is 25.5 Å². The topological polar surface area (TPSA) is 53.3 Å². The number of nitriles is 1. The fraction of sp³-hybridized carbons (Fsp3) is 0.391. The highest BCUT2D eigenvalue weighted by atomic mass is 16.5. The van der Waals surface area contributed by atoms with Crippen molar-refractivity contribution >= 4 is 5.91 Å². The minimum absolute atomic E-state index is 0.0724. The number of amides is 1. The van der Waals surface area contributed by atoms with Crippen molar-refractivity contribution < 1.29 is 9.53 Å². The molecule has 2 heterocycles. The molecule has 4 heteroatoms.